The van der Waals surface area contributed by atoms with Gasteiger partial charge in [-0.15, -0.1) is 0 Å². The summed E-state index contributed by atoms with van der Waals surface area (Å²) in [5, 5.41) is 2.91. The van der Waals surface area contributed by atoms with Gasteiger partial charge < -0.3 is 10.1 Å². The molecule has 0 unspecified atom stereocenters. The quantitative estimate of drug-likeness (QED) is 0.624. The van der Waals surface area contributed by atoms with Gasteiger partial charge in [-0.25, -0.2) is 0 Å². The first-order valence-corrected chi connectivity index (χ1v) is 7.83. The zero-order valence-electron chi connectivity index (χ0n) is 13.7. The fraction of sp³-hybridized carbons (Fsp3) is 0.250. The molecule has 3 heteroatoms. The van der Waals surface area contributed by atoms with Crippen molar-refractivity contribution < 1.29 is 9.53 Å². The Kier molecular flexibility index (Phi) is 6.42. The van der Waals surface area contributed by atoms with Gasteiger partial charge in [-0.05, 0) is 37.5 Å². The van der Waals surface area contributed by atoms with Crippen molar-refractivity contribution in [2.45, 2.75) is 19.8 Å². The van der Waals surface area contributed by atoms with Crippen LogP contribution >= 0.6 is 0 Å². The highest BCUT2D eigenvalue weighted by Gasteiger charge is 1.99. The maximum absolute atomic E-state index is 11.8. The summed E-state index contributed by atoms with van der Waals surface area (Å²) in [4.78, 5) is 11.8. The lowest BCUT2D eigenvalue weighted by molar-refractivity contribution is -0.116. The third-order valence-electron chi connectivity index (χ3n) is 3.58. The van der Waals surface area contributed by atoms with Crippen LogP contribution < -0.4 is 10.1 Å². The average molecular weight is 309 g/mol. The molecule has 0 fully saturated rings. The first-order valence-electron chi connectivity index (χ1n) is 7.83. The lowest BCUT2D eigenvalue weighted by Crippen LogP contribution is -2.22. The molecule has 2 aromatic carbocycles. The number of hydrogen-bond acceptors (Lipinski definition) is 2. The molecule has 0 aromatic heterocycles. The molecule has 0 aliphatic rings. The number of amides is 1. The van der Waals surface area contributed by atoms with Crippen molar-refractivity contribution in [3.8, 4) is 5.75 Å². The van der Waals surface area contributed by atoms with Crippen LogP contribution in [-0.4, -0.2) is 19.6 Å². The van der Waals surface area contributed by atoms with E-state index in [9.17, 15) is 4.79 Å². The van der Waals surface area contributed by atoms with E-state index in [0.717, 1.165) is 24.2 Å². The molecule has 0 bridgehead atoms. The van der Waals surface area contributed by atoms with Crippen molar-refractivity contribution in [1.82, 2.24) is 5.32 Å². The first-order chi connectivity index (χ1) is 11.2. The number of hydrogen-bond donors (Lipinski definition) is 1. The predicted molar refractivity (Wildman–Crippen MR) is 94.5 cm³/mol. The molecule has 0 aliphatic heterocycles. The standard InChI is InChI=1S/C20H23NO2/c1-16-7-5-8-17(15-16)9-6-14-21-20(22)13-12-18-10-3-4-11-19(18)23-2/h3-5,7-8,10-13,15H,6,9,14H2,1-2H3,(H,21,22)/b13-12+. The molecule has 0 spiro atoms. The topological polar surface area (TPSA) is 38.3 Å². The summed E-state index contributed by atoms with van der Waals surface area (Å²) in [6, 6.07) is 16.1. The molecular formula is C20H23NO2. The van der Waals surface area contributed by atoms with E-state index < -0.39 is 0 Å². The van der Waals surface area contributed by atoms with E-state index in [-0.39, 0.29) is 5.91 Å². The molecule has 1 N–H and O–H groups in total. The number of para-hydroxylation sites is 1. The van der Waals surface area contributed by atoms with E-state index in [1.54, 1.807) is 19.3 Å². The fourth-order valence-electron chi connectivity index (χ4n) is 2.40. The van der Waals surface area contributed by atoms with Crippen LogP contribution in [0.2, 0.25) is 0 Å². The van der Waals surface area contributed by atoms with E-state index in [2.05, 4.69) is 36.5 Å². The normalized spacial score (nSPS) is 10.7. The molecule has 0 radical (unpaired) electrons. The number of aryl methyl sites for hydroxylation is 2. The van der Waals surface area contributed by atoms with Crippen molar-refractivity contribution in [3.05, 3.63) is 71.3 Å². The molecule has 0 saturated heterocycles. The number of nitrogens with one attached hydrogen (secondary N) is 1. The Morgan fingerprint density at radius 1 is 1.17 bits per heavy atom. The van der Waals surface area contributed by atoms with Gasteiger partial charge in [0.15, 0.2) is 0 Å². The van der Waals surface area contributed by atoms with E-state index in [4.69, 9.17) is 4.74 Å². The first kappa shape index (κ1) is 16.8. The van der Waals surface area contributed by atoms with Crippen LogP contribution in [0.3, 0.4) is 0 Å². The highest BCUT2D eigenvalue weighted by atomic mass is 16.5. The van der Waals surface area contributed by atoms with Crippen LogP contribution in [0, 0.1) is 6.92 Å². The second-order valence-electron chi connectivity index (χ2n) is 5.46. The second-order valence-corrected chi connectivity index (χ2v) is 5.46. The maximum atomic E-state index is 11.8. The minimum atomic E-state index is -0.0832. The summed E-state index contributed by atoms with van der Waals surface area (Å²) in [7, 11) is 1.62. The van der Waals surface area contributed by atoms with Gasteiger partial charge in [0.1, 0.15) is 5.75 Å². The zero-order chi connectivity index (χ0) is 16.5. The van der Waals surface area contributed by atoms with Gasteiger partial charge in [0, 0.05) is 18.2 Å². The fourth-order valence-corrected chi connectivity index (χ4v) is 2.40. The van der Waals surface area contributed by atoms with E-state index in [0.29, 0.717) is 6.54 Å². The van der Waals surface area contributed by atoms with Crippen LogP contribution in [0.15, 0.2) is 54.6 Å². The molecule has 0 atom stereocenters. The summed E-state index contributed by atoms with van der Waals surface area (Å²) in [6.07, 6.45) is 5.22. The third-order valence-corrected chi connectivity index (χ3v) is 3.58. The van der Waals surface area contributed by atoms with Gasteiger partial charge in [0.05, 0.1) is 7.11 Å². The van der Waals surface area contributed by atoms with Crippen LogP contribution in [0.1, 0.15) is 23.1 Å². The van der Waals surface area contributed by atoms with Crippen LogP contribution in [0.5, 0.6) is 5.75 Å². The van der Waals surface area contributed by atoms with Crippen molar-refractivity contribution in [2.75, 3.05) is 13.7 Å². The molecule has 2 aromatic rings. The summed E-state index contributed by atoms with van der Waals surface area (Å²) in [6.45, 7) is 2.76. The van der Waals surface area contributed by atoms with Gasteiger partial charge in [-0.2, -0.15) is 0 Å². The molecule has 120 valence electrons. The largest absolute Gasteiger partial charge is 0.496 e. The zero-order valence-corrected chi connectivity index (χ0v) is 13.7. The minimum absolute atomic E-state index is 0.0832. The molecular weight excluding hydrogens is 286 g/mol. The Hall–Kier alpha value is -2.55. The lowest BCUT2D eigenvalue weighted by Gasteiger charge is -2.05. The Balaban J connectivity index is 1.76. The SMILES string of the molecule is COc1ccccc1/C=C/C(=O)NCCCc1cccc(C)c1. The van der Waals surface area contributed by atoms with Crippen LogP contribution in [-0.2, 0) is 11.2 Å². The Labute approximate surface area is 138 Å². The lowest BCUT2D eigenvalue weighted by atomic mass is 10.1. The number of carbonyl (C=O) groups excluding carboxylic acids is 1. The van der Waals surface area contributed by atoms with Crippen LogP contribution in [0.25, 0.3) is 6.08 Å². The van der Waals surface area contributed by atoms with Crippen LogP contribution in [0.4, 0.5) is 0 Å². The van der Waals surface area contributed by atoms with E-state index >= 15 is 0 Å². The smallest absolute Gasteiger partial charge is 0.244 e. The van der Waals surface area contributed by atoms with Gasteiger partial charge in [0.25, 0.3) is 0 Å². The number of rotatable bonds is 7. The van der Waals surface area contributed by atoms with Crippen molar-refractivity contribution in [1.29, 1.82) is 0 Å². The Morgan fingerprint density at radius 2 is 2.00 bits per heavy atom. The van der Waals surface area contributed by atoms with Gasteiger partial charge in [-0.1, -0.05) is 48.0 Å². The Morgan fingerprint density at radius 3 is 2.78 bits per heavy atom. The highest BCUT2D eigenvalue weighted by Crippen LogP contribution is 2.18. The molecule has 1 amide bonds. The van der Waals surface area contributed by atoms with Crippen molar-refractivity contribution >= 4 is 12.0 Å². The molecule has 3 nitrogen and oxygen atoms in total. The molecule has 2 rings (SSSR count). The predicted octanol–water partition coefficient (Wildman–Crippen LogP) is 3.77. The monoisotopic (exact) mass is 309 g/mol. The molecule has 0 aliphatic carbocycles. The van der Waals surface area contributed by atoms with Crippen molar-refractivity contribution in [2.24, 2.45) is 0 Å². The van der Waals surface area contributed by atoms with E-state index in [1.165, 1.54) is 11.1 Å². The van der Waals surface area contributed by atoms with E-state index in [1.807, 2.05) is 24.3 Å². The minimum Gasteiger partial charge on any atom is -0.496 e. The highest BCUT2D eigenvalue weighted by molar-refractivity contribution is 5.92. The molecule has 0 heterocycles. The summed E-state index contributed by atoms with van der Waals surface area (Å²) < 4.78 is 5.25. The summed E-state index contributed by atoms with van der Waals surface area (Å²) in [5.74, 6) is 0.677. The number of methoxy groups -OCH3 is 1. The van der Waals surface area contributed by atoms with Gasteiger partial charge >= 0.3 is 0 Å². The maximum Gasteiger partial charge on any atom is 0.244 e. The molecule has 23 heavy (non-hydrogen) atoms. The average Bonchev–Trinajstić information content (AvgIpc) is 2.57. The van der Waals surface area contributed by atoms with Crippen molar-refractivity contribution in [3.63, 3.8) is 0 Å². The summed E-state index contributed by atoms with van der Waals surface area (Å²) in [5.41, 5.74) is 3.47. The number of carbonyl (C=O) groups is 1. The number of ether oxygens (including phenoxy) is 1. The second kappa shape index (κ2) is 8.79. The molecule has 0 saturated carbocycles. The Bertz CT molecular complexity index is 677. The van der Waals surface area contributed by atoms with Gasteiger partial charge in [0.2, 0.25) is 5.91 Å². The number of benzene rings is 2. The third kappa shape index (κ3) is 5.62. The summed E-state index contributed by atoms with van der Waals surface area (Å²) >= 11 is 0. The van der Waals surface area contributed by atoms with Gasteiger partial charge in [-0.3, -0.25) is 4.79 Å².